The van der Waals surface area contributed by atoms with Gasteiger partial charge in [-0.1, -0.05) is 22.4 Å². The number of ether oxygens (including phenoxy) is 1. The third-order valence-electron chi connectivity index (χ3n) is 3.75. The second-order valence-electron chi connectivity index (χ2n) is 5.68. The molecule has 0 aliphatic carbocycles. The standard InChI is InChI=1S/C17H18N6O4S/c24-9-15(16(25)26)19-12-4-2-6-14(8-12)27-10-18-11-3-1-5-13(7-11)23-17(28)20-21-22-23/h1-8,15,18-19,24H,9-10H2,(H,25,26)(H,20,22,28). The van der Waals surface area contributed by atoms with Gasteiger partial charge in [-0.15, -0.1) is 0 Å². The number of aromatic amines is 1. The predicted molar refractivity (Wildman–Crippen MR) is 104 cm³/mol. The molecule has 0 bridgehead atoms. The van der Waals surface area contributed by atoms with Crippen molar-refractivity contribution in [3.63, 3.8) is 0 Å². The molecule has 10 nitrogen and oxygen atoms in total. The number of aliphatic carboxylic acids is 1. The Morgan fingerprint density at radius 1 is 1.25 bits per heavy atom. The molecule has 0 aliphatic rings. The number of rotatable bonds is 9. The predicted octanol–water partition coefficient (Wildman–Crippen LogP) is 1.63. The Balaban J connectivity index is 1.60. The van der Waals surface area contributed by atoms with E-state index in [1.165, 1.54) is 0 Å². The van der Waals surface area contributed by atoms with E-state index < -0.39 is 18.6 Å². The van der Waals surface area contributed by atoms with Gasteiger partial charge in [0, 0.05) is 17.4 Å². The lowest BCUT2D eigenvalue weighted by Gasteiger charge is -2.14. The summed E-state index contributed by atoms with van der Waals surface area (Å²) in [7, 11) is 0. The van der Waals surface area contributed by atoms with Crippen molar-refractivity contribution in [1.82, 2.24) is 20.2 Å². The van der Waals surface area contributed by atoms with Gasteiger partial charge in [0.15, 0.2) is 6.73 Å². The van der Waals surface area contributed by atoms with Crippen LogP contribution in [0.2, 0.25) is 0 Å². The molecule has 3 aromatic rings. The molecular formula is C17H18N6O4S. The van der Waals surface area contributed by atoms with Gasteiger partial charge in [0.05, 0.1) is 12.3 Å². The van der Waals surface area contributed by atoms with Gasteiger partial charge in [0.25, 0.3) is 0 Å². The number of aromatic nitrogens is 4. The molecular weight excluding hydrogens is 384 g/mol. The number of nitrogens with one attached hydrogen (secondary N) is 3. The summed E-state index contributed by atoms with van der Waals surface area (Å²) in [4.78, 5) is 11.0. The SMILES string of the molecule is O=C(O)C(CO)Nc1cccc(OCNc2cccc(-n3[nH]nnc3=S)c2)c1. The summed E-state index contributed by atoms with van der Waals surface area (Å²) in [6, 6.07) is 13.2. The number of H-pyrrole nitrogens is 1. The number of benzene rings is 2. The molecule has 0 fully saturated rings. The van der Waals surface area contributed by atoms with Crippen LogP contribution in [0.1, 0.15) is 0 Å². The Kier molecular flexibility index (Phi) is 6.19. The van der Waals surface area contributed by atoms with E-state index in [1.54, 1.807) is 28.9 Å². The Bertz CT molecular complexity index is 1000. The summed E-state index contributed by atoms with van der Waals surface area (Å²) >= 11 is 5.08. The molecule has 0 amide bonds. The average Bonchev–Trinajstić information content (AvgIpc) is 3.12. The minimum atomic E-state index is -1.14. The van der Waals surface area contributed by atoms with E-state index in [9.17, 15) is 4.79 Å². The summed E-state index contributed by atoms with van der Waals surface area (Å²) < 4.78 is 7.55. The minimum absolute atomic E-state index is 0.182. The van der Waals surface area contributed by atoms with Crippen molar-refractivity contribution in [1.29, 1.82) is 0 Å². The van der Waals surface area contributed by atoms with Crippen molar-refractivity contribution in [2.75, 3.05) is 24.0 Å². The van der Waals surface area contributed by atoms with Crippen LogP contribution in [0.5, 0.6) is 5.75 Å². The molecule has 0 saturated heterocycles. The number of aliphatic hydroxyl groups excluding tert-OH is 1. The number of hydrogen-bond donors (Lipinski definition) is 5. The fraction of sp³-hybridized carbons (Fsp3) is 0.176. The van der Waals surface area contributed by atoms with E-state index >= 15 is 0 Å². The Morgan fingerprint density at radius 2 is 2.04 bits per heavy atom. The maximum Gasteiger partial charge on any atom is 0.328 e. The van der Waals surface area contributed by atoms with Gasteiger partial charge in [-0.3, -0.25) is 0 Å². The summed E-state index contributed by atoms with van der Waals surface area (Å²) in [6.45, 7) is -0.337. The van der Waals surface area contributed by atoms with Crippen LogP contribution in [0.15, 0.2) is 48.5 Å². The van der Waals surface area contributed by atoms with Crippen LogP contribution >= 0.6 is 12.2 Å². The third-order valence-corrected chi connectivity index (χ3v) is 4.01. The van der Waals surface area contributed by atoms with Crippen LogP contribution in [-0.4, -0.2) is 55.8 Å². The Hall–Kier alpha value is -3.44. The van der Waals surface area contributed by atoms with E-state index in [0.29, 0.717) is 16.2 Å². The summed E-state index contributed by atoms with van der Waals surface area (Å²) in [6.07, 6.45) is 0. The van der Waals surface area contributed by atoms with Crippen molar-refractivity contribution in [2.45, 2.75) is 6.04 Å². The number of carboxylic acid groups (broad SMARTS) is 1. The minimum Gasteiger partial charge on any atom is -0.480 e. The lowest BCUT2D eigenvalue weighted by Crippen LogP contribution is -2.32. The number of carbonyl (C=O) groups is 1. The van der Waals surface area contributed by atoms with Gasteiger partial charge in [0.2, 0.25) is 4.77 Å². The molecule has 0 saturated carbocycles. The number of aliphatic hydroxyl groups is 1. The topological polar surface area (TPSA) is 137 Å². The molecule has 0 spiro atoms. The molecule has 2 aromatic carbocycles. The normalized spacial score (nSPS) is 11.6. The van der Waals surface area contributed by atoms with Gasteiger partial charge < -0.3 is 25.6 Å². The molecule has 1 unspecified atom stereocenters. The lowest BCUT2D eigenvalue weighted by atomic mass is 10.2. The van der Waals surface area contributed by atoms with Crippen molar-refractivity contribution in [2.24, 2.45) is 0 Å². The fourth-order valence-corrected chi connectivity index (χ4v) is 2.57. The highest BCUT2D eigenvalue weighted by atomic mass is 32.1. The van der Waals surface area contributed by atoms with E-state index in [1.807, 2.05) is 24.3 Å². The van der Waals surface area contributed by atoms with Gasteiger partial charge in [0.1, 0.15) is 11.8 Å². The van der Waals surface area contributed by atoms with Crippen LogP contribution < -0.4 is 15.4 Å². The van der Waals surface area contributed by atoms with Crippen molar-refractivity contribution in [3.8, 4) is 11.4 Å². The maximum absolute atomic E-state index is 11.0. The third kappa shape index (κ3) is 4.84. The number of tetrazole rings is 1. The molecule has 1 heterocycles. The van der Waals surface area contributed by atoms with E-state index in [-0.39, 0.29) is 6.73 Å². The molecule has 146 valence electrons. The van der Waals surface area contributed by atoms with E-state index in [0.717, 1.165) is 11.4 Å². The first-order valence-corrected chi connectivity index (χ1v) is 8.65. The largest absolute Gasteiger partial charge is 0.480 e. The summed E-state index contributed by atoms with van der Waals surface area (Å²) in [5.41, 5.74) is 2.10. The van der Waals surface area contributed by atoms with E-state index in [2.05, 4.69) is 26.2 Å². The second-order valence-corrected chi connectivity index (χ2v) is 6.04. The number of nitrogens with zero attached hydrogens (tertiary/aromatic N) is 3. The van der Waals surface area contributed by atoms with Gasteiger partial charge in [-0.05, 0) is 42.5 Å². The van der Waals surface area contributed by atoms with Gasteiger partial charge in [-0.25, -0.2) is 9.48 Å². The fourth-order valence-electron chi connectivity index (χ4n) is 2.39. The highest BCUT2D eigenvalue weighted by Crippen LogP contribution is 2.19. The molecule has 5 N–H and O–H groups in total. The van der Waals surface area contributed by atoms with E-state index in [4.69, 9.17) is 27.2 Å². The quantitative estimate of drug-likeness (QED) is 0.267. The molecule has 1 aromatic heterocycles. The molecule has 11 heteroatoms. The zero-order valence-electron chi connectivity index (χ0n) is 14.6. The molecule has 0 radical (unpaired) electrons. The number of hydrogen-bond acceptors (Lipinski definition) is 8. The first-order chi connectivity index (χ1) is 13.6. The molecule has 0 aliphatic heterocycles. The van der Waals surface area contributed by atoms with Crippen LogP contribution in [0.25, 0.3) is 5.69 Å². The van der Waals surface area contributed by atoms with Crippen LogP contribution in [0, 0.1) is 4.77 Å². The molecule has 28 heavy (non-hydrogen) atoms. The first kappa shape index (κ1) is 19.3. The number of carboxylic acids is 1. The highest BCUT2D eigenvalue weighted by Gasteiger charge is 2.15. The summed E-state index contributed by atoms with van der Waals surface area (Å²) in [5.74, 6) is -0.598. The average molecular weight is 402 g/mol. The zero-order valence-corrected chi connectivity index (χ0v) is 15.4. The lowest BCUT2D eigenvalue weighted by molar-refractivity contribution is -0.138. The molecule has 1 atom stereocenters. The molecule has 3 rings (SSSR count). The van der Waals surface area contributed by atoms with Gasteiger partial charge >= 0.3 is 5.97 Å². The smallest absolute Gasteiger partial charge is 0.328 e. The second kappa shape index (κ2) is 8.97. The Morgan fingerprint density at radius 3 is 2.75 bits per heavy atom. The van der Waals surface area contributed by atoms with Crippen molar-refractivity contribution >= 4 is 29.6 Å². The highest BCUT2D eigenvalue weighted by molar-refractivity contribution is 7.71. The summed E-state index contributed by atoms with van der Waals surface area (Å²) in [5, 5.41) is 34.0. The zero-order chi connectivity index (χ0) is 19.9. The van der Waals surface area contributed by atoms with Crippen molar-refractivity contribution in [3.05, 3.63) is 53.3 Å². The van der Waals surface area contributed by atoms with Crippen LogP contribution in [0.4, 0.5) is 11.4 Å². The van der Waals surface area contributed by atoms with Crippen LogP contribution in [-0.2, 0) is 4.79 Å². The Labute approximate surface area is 164 Å². The van der Waals surface area contributed by atoms with Crippen LogP contribution in [0.3, 0.4) is 0 Å². The first-order valence-electron chi connectivity index (χ1n) is 8.24. The van der Waals surface area contributed by atoms with Gasteiger partial charge in [-0.2, -0.15) is 5.21 Å². The number of anilines is 2. The monoisotopic (exact) mass is 402 g/mol. The van der Waals surface area contributed by atoms with Crippen molar-refractivity contribution < 1.29 is 19.7 Å². The maximum atomic E-state index is 11.0.